The molecule has 12 heavy (non-hydrogen) atoms. The minimum atomic E-state index is 0.676. The lowest BCUT2D eigenvalue weighted by Gasteiger charge is -1.96. The van der Waals surface area contributed by atoms with Crippen LogP contribution in [-0.4, -0.2) is 4.98 Å². The van der Waals surface area contributed by atoms with Crippen molar-refractivity contribution in [1.29, 1.82) is 0 Å². The Kier molecular flexibility index (Phi) is 1.33. The van der Waals surface area contributed by atoms with E-state index in [1.807, 2.05) is 26.0 Å². The summed E-state index contributed by atoms with van der Waals surface area (Å²) in [4.78, 5) is 4.19. The van der Waals surface area contributed by atoms with Crippen molar-refractivity contribution < 1.29 is 4.42 Å². The summed E-state index contributed by atoms with van der Waals surface area (Å²) in [5, 5.41) is 0. The Bertz CT molecular complexity index is 392. The Morgan fingerprint density at radius 1 is 1.33 bits per heavy atom. The van der Waals surface area contributed by atoms with Crippen molar-refractivity contribution in [3.63, 3.8) is 0 Å². The number of hydrogen-bond donors (Lipinski definition) is 1. The van der Waals surface area contributed by atoms with Crippen LogP contribution in [0.5, 0.6) is 0 Å². The number of fused-ring (bicyclic) bond motifs is 1. The van der Waals surface area contributed by atoms with Crippen LogP contribution in [0.25, 0.3) is 11.1 Å². The maximum absolute atomic E-state index is 5.71. The van der Waals surface area contributed by atoms with Crippen molar-refractivity contribution in [2.75, 3.05) is 5.73 Å². The first kappa shape index (κ1) is 7.16. The zero-order valence-electron chi connectivity index (χ0n) is 7.09. The molecule has 0 amide bonds. The van der Waals surface area contributed by atoms with E-state index in [2.05, 4.69) is 4.98 Å². The summed E-state index contributed by atoms with van der Waals surface area (Å²) in [5.74, 6) is 0.676. The van der Waals surface area contributed by atoms with Gasteiger partial charge in [-0.25, -0.2) is 4.98 Å². The number of nitrogen functional groups attached to an aromatic ring is 1. The molecule has 0 saturated carbocycles. The van der Waals surface area contributed by atoms with E-state index in [1.54, 1.807) is 0 Å². The van der Waals surface area contributed by atoms with E-state index in [0.29, 0.717) is 5.89 Å². The molecule has 3 nitrogen and oxygen atoms in total. The van der Waals surface area contributed by atoms with Gasteiger partial charge in [-0.15, -0.1) is 0 Å². The molecule has 0 aliphatic rings. The molecule has 3 heteroatoms. The van der Waals surface area contributed by atoms with Crippen molar-refractivity contribution in [1.82, 2.24) is 4.98 Å². The summed E-state index contributed by atoms with van der Waals surface area (Å²) in [6.07, 6.45) is 0. The van der Waals surface area contributed by atoms with Gasteiger partial charge < -0.3 is 10.2 Å². The zero-order chi connectivity index (χ0) is 8.72. The number of hydrogen-bond acceptors (Lipinski definition) is 3. The number of benzene rings is 1. The third-order valence-electron chi connectivity index (χ3n) is 1.88. The normalized spacial score (nSPS) is 10.8. The van der Waals surface area contributed by atoms with Crippen molar-refractivity contribution >= 4 is 16.8 Å². The fourth-order valence-electron chi connectivity index (χ4n) is 1.21. The molecule has 1 aromatic heterocycles. The standard InChI is InChI=1S/C9H10N2O/c1-5-3-8-9(4-7(5)10)12-6(2)11-8/h3-4H,10H2,1-2H3. The molecule has 62 valence electrons. The second kappa shape index (κ2) is 2.24. The molecule has 0 bridgehead atoms. The highest BCUT2D eigenvalue weighted by Gasteiger charge is 2.03. The third kappa shape index (κ3) is 0.942. The van der Waals surface area contributed by atoms with Crippen LogP contribution in [0.1, 0.15) is 11.5 Å². The van der Waals surface area contributed by atoms with Crippen molar-refractivity contribution in [2.45, 2.75) is 13.8 Å². The van der Waals surface area contributed by atoms with Crippen LogP contribution in [0.4, 0.5) is 5.69 Å². The quantitative estimate of drug-likeness (QED) is 0.603. The summed E-state index contributed by atoms with van der Waals surface area (Å²) in [6, 6.07) is 3.74. The molecule has 2 aromatic rings. The molecule has 0 spiro atoms. The van der Waals surface area contributed by atoms with Gasteiger partial charge in [-0.2, -0.15) is 0 Å². The molecule has 2 rings (SSSR count). The summed E-state index contributed by atoms with van der Waals surface area (Å²) in [5.41, 5.74) is 9.13. The van der Waals surface area contributed by atoms with Gasteiger partial charge in [0, 0.05) is 18.7 Å². The predicted octanol–water partition coefficient (Wildman–Crippen LogP) is 2.03. The number of oxazole rings is 1. The van der Waals surface area contributed by atoms with Gasteiger partial charge >= 0.3 is 0 Å². The average molecular weight is 162 g/mol. The Morgan fingerprint density at radius 2 is 2.08 bits per heavy atom. The zero-order valence-corrected chi connectivity index (χ0v) is 7.09. The largest absolute Gasteiger partial charge is 0.441 e. The molecule has 0 aliphatic carbocycles. The number of rotatable bonds is 0. The van der Waals surface area contributed by atoms with E-state index < -0.39 is 0 Å². The van der Waals surface area contributed by atoms with E-state index >= 15 is 0 Å². The lowest BCUT2D eigenvalue weighted by molar-refractivity contribution is 0.561. The van der Waals surface area contributed by atoms with Crippen molar-refractivity contribution in [2.24, 2.45) is 0 Å². The Labute approximate surface area is 70.2 Å². The molecular weight excluding hydrogens is 152 g/mol. The SMILES string of the molecule is Cc1nc2cc(C)c(N)cc2o1. The van der Waals surface area contributed by atoms with E-state index in [4.69, 9.17) is 10.2 Å². The number of aryl methyl sites for hydroxylation is 2. The first-order chi connectivity index (χ1) is 5.66. The molecule has 0 unspecified atom stereocenters. The molecule has 0 radical (unpaired) electrons. The third-order valence-corrected chi connectivity index (χ3v) is 1.88. The van der Waals surface area contributed by atoms with E-state index in [-0.39, 0.29) is 0 Å². The first-order valence-electron chi connectivity index (χ1n) is 3.80. The molecule has 0 atom stereocenters. The van der Waals surface area contributed by atoms with E-state index in [1.165, 1.54) is 0 Å². The number of anilines is 1. The lowest BCUT2D eigenvalue weighted by atomic mass is 10.2. The van der Waals surface area contributed by atoms with Gasteiger partial charge in [0.25, 0.3) is 0 Å². The van der Waals surface area contributed by atoms with Gasteiger partial charge in [0.15, 0.2) is 11.5 Å². The van der Waals surface area contributed by atoms with Crippen LogP contribution in [0.15, 0.2) is 16.5 Å². The highest BCUT2D eigenvalue weighted by Crippen LogP contribution is 2.21. The maximum Gasteiger partial charge on any atom is 0.192 e. The van der Waals surface area contributed by atoms with Gasteiger partial charge in [-0.1, -0.05) is 0 Å². The molecular formula is C9H10N2O. The molecule has 0 saturated heterocycles. The Balaban J connectivity index is 2.83. The van der Waals surface area contributed by atoms with Crippen LogP contribution in [0, 0.1) is 13.8 Å². The fraction of sp³-hybridized carbons (Fsp3) is 0.222. The van der Waals surface area contributed by atoms with Gasteiger partial charge in [0.2, 0.25) is 0 Å². The topological polar surface area (TPSA) is 52.0 Å². The highest BCUT2D eigenvalue weighted by atomic mass is 16.3. The van der Waals surface area contributed by atoms with Gasteiger partial charge in [0.1, 0.15) is 5.52 Å². The van der Waals surface area contributed by atoms with Gasteiger partial charge in [0.05, 0.1) is 0 Å². The number of aromatic nitrogens is 1. The molecule has 0 aliphatic heterocycles. The number of nitrogens with two attached hydrogens (primary N) is 1. The monoisotopic (exact) mass is 162 g/mol. The molecule has 0 fully saturated rings. The first-order valence-corrected chi connectivity index (χ1v) is 3.80. The lowest BCUT2D eigenvalue weighted by Crippen LogP contribution is -1.87. The molecule has 2 N–H and O–H groups in total. The summed E-state index contributed by atoms with van der Waals surface area (Å²) in [6.45, 7) is 3.78. The molecule has 1 heterocycles. The van der Waals surface area contributed by atoms with E-state index in [9.17, 15) is 0 Å². The maximum atomic E-state index is 5.71. The smallest absolute Gasteiger partial charge is 0.192 e. The van der Waals surface area contributed by atoms with Gasteiger partial charge in [-0.3, -0.25) is 0 Å². The van der Waals surface area contributed by atoms with Crippen molar-refractivity contribution in [3.8, 4) is 0 Å². The Hall–Kier alpha value is -1.51. The summed E-state index contributed by atoms with van der Waals surface area (Å²) < 4.78 is 5.31. The second-order valence-corrected chi connectivity index (χ2v) is 2.91. The number of nitrogens with zero attached hydrogens (tertiary/aromatic N) is 1. The van der Waals surface area contributed by atoms with E-state index in [0.717, 1.165) is 22.4 Å². The average Bonchev–Trinajstić information content (AvgIpc) is 2.30. The van der Waals surface area contributed by atoms with Crippen LogP contribution in [-0.2, 0) is 0 Å². The van der Waals surface area contributed by atoms with Gasteiger partial charge in [-0.05, 0) is 18.6 Å². The van der Waals surface area contributed by atoms with Crippen LogP contribution in [0.3, 0.4) is 0 Å². The molecule has 1 aromatic carbocycles. The van der Waals surface area contributed by atoms with Crippen LogP contribution < -0.4 is 5.73 Å². The predicted molar refractivity (Wildman–Crippen MR) is 47.9 cm³/mol. The minimum absolute atomic E-state index is 0.676. The highest BCUT2D eigenvalue weighted by molar-refractivity contribution is 5.78. The second-order valence-electron chi connectivity index (χ2n) is 2.91. The fourth-order valence-corrected chi connectivity index (χ4v) is 1.21. The minimum Gasteiger partial charge on any atom is -0.441 e. The van der Waals surface area contributed by atoms with Crippen LogP contribution >= 0.6 is 0 Å². The van der Waals surface area contributed by atoms with Crippen LogP contribution in [0.2, 0.25) is 0 Å². The Morgan fingerprint density at radius 3 is 2.83 bits per heavy atom. The summed E-state index contributed by atoms with van der Waals surface area (Å²) in [7, 11) is 0. The van der Waals surface area contributed by atoms with Crippen molar-refractivity contribution in [3.05, 3.63) is 23.6 Å². The summed E-state index contributed by atoms with van der Waals surface area (Å²) >= 11 is 0.